The van der Waals surface area contributed by atoms with E-state index >= 15 is 0 Å². The minimum Gasteiger partial charge on any atom is -0.487 e. The summed E-state index contributed by atoms with van der Waals surface area (Å²) in [7, 11) is 0. The molecule has 1 heterocycles. The van der Waals surface area contributed by atoms with Crippen molar-refractivity contribution in [1.82, 2.24) is 4.98 Å². The van der Waals surface area contributed by atoms with Crippen molar-refractivity contribution in [2.45, 2.75) is 59.2 Å². The van der Waals surface area contributed by atoms with Gasteiger partial charge in [-0.1, -0.05) is 32.0 Å². The average Bonchev–Trinajstić information content (AvgIpc) is 3.48. The van der Waals surface area contributed by atoms with Gasteiger partial charge in [0.1, 0.15) is 35.7 Å². The van der Waals surface area contributed by atoms with E-state index in [9.17, 15) is 4.79 Å². The van der Waals surface area contributed by atoms with Crippen LogP contribution in [0.4, 0.5) is 0 Å². The molecule has 1 unspecified atom stereocenters. The number of carbonyl (C=O) groups excluding carboxylic acids is 1. The van der Waals surface area contributed by atoms with E-state index in [1.165, 1.54) is 6.92 Å². The number of aryl methyl sites for hydroxylation is 1. The Morgan fingerprint density at radius 1 is 1.13 bits per heavy atom. The van der Waals surface area contributed by atoms with Gasteiger partial charge >= 0.3 is 5.97 Å². The first-order valence-corrected chi connectivity index (χ1v) is 14.4. The summed E-state index contributed by atoms with van der Waals surface area (Å²) >= 11 is 7.39. The van der Waals surface area contributed by atoms with Gasteiger partial charge in [0.05, 0.1) is 8.95 Å². The number of ether oxygens (including phenoxy) is 3. The molecule has 8 heteroatoms. The molecular formula is C31H29Br2NO5. The molecule has 5 rings (SSSR count). The van der Waals surface area contributed by atoms with Crippen molar-refractivity contribution in [3.8, 4) is 28.7 Å². The third-order valence-corrected chi connectivity index (χ3v) is 8.15. The average molecular weight is 655 g/mol. The molecule has 1 aliphatic carbocycles. The highest BCUT2D eigenvalue weighted by atomic mass is 79.9. The highest BCUT2D eigenvalue weighted by Crippen LogP contribution is 2.47. The Labute approximate surface area is 244 Å². The Morgan fingerprint density at radius 3 is 2.62 bits per heavy atom. The standard InChI is InChI=1S/C31H29Br2NO5/c1-17(2)23-14-21(39-30-25(32)15-24-22(29(30)33)11-13-28(24)38-19(4)35)10-12-27(23)36-16-26-18(3)37-31(34-26)20-8-6-5-7-9-20/h5-10,12,14-15,17,28H,11,13,16H2,1-4H3. The van der Waals surface area contributed by atoms with Crippen molar-refractivity contribution in [3.63, 3.8) is 0 Å². The van der Waals surface area contributed by atoms with Crippen LogP contribution in [0.5, 0.6) is 17.2 Å². The first-order valence-electron chi connectivity index (χ1n) is 12.9. The van der Waals surface area contributed by atoms with Crippen LogP contribution in [-0.4, -0.2) is 11.0 Å². The molecule has 0 N–H and O–H groups in total. The topological polar surface area (TPSA) is 70.8 Å². The second-order valence-corrected chi connectivity index (χ2v) is 11.5. The number of halogens is 2. The molecule has 0 spiro atoms. The van der Waals surface area contributed by atoms with Crippen LogP contribution in [-0.2, 0) is 22.6 Å². The predicted molar refractivity (Wildman–Crippen MR) is 156 cm³/mol. The third-order valence-electron chi connectivity index (χ3n) is 6.72. The van der Waals surface area contributed by atoms with E-state index in [1.54, 1.807) is 0 Å². The number of carbonyl (C=O) groups is 1. The number of benzene rings is 3. The molecule has 0 saturated heterocycles. The van der Waals surface area contributed by atoms with Crippen LogP contribution in [0.3, 0.4) is 0 Å². The van der Waals surface area contributed by atoms with Gasteiger partial charge in [-0.2, -0.15) is 0 Å². The number of hydrogen-bond acceptors (Lipinski definition) is 6. The molecule has 1 aliphatic rings. The van der Waals surface area contributed by atoms with E-state index in [0.29, 0.717) is 24.0 Å². The van der Waals surface area contributed by atoms with E-state index in [4.69, 9.17) is 18.6 Å². The second kappa shape index (κ2) is 11.6. The first kappa shape index (κ1) is 27.5. The summed E-state index contributed by atoms with van der Waals surface area (Å²) in [6, 6.07) is 17.7. The lowest BCUT2D eigenvalue weighted by Crippen LogP contribution is -2.05. The number of rotatable bonds is 8. The monoisotopic (exact) mass is 653 g/mol. The zero-order valence-corrected chi connectivity index (χ0v) is 25.4. The quantitative estimate of drug-likeness (QED) is 0.176. The minimum absolute atomic E-state index is 0.207. The summed E-state index contributed by atoms with van der Waals surface area (Å²) in [5, 5.41) is 0. The lowest BCUT2D eigenvalue weighted by Gasteiger charge is -2.18. The van der Waals surface area contributed by atoms with E-state index in [1.807, 2.05) is 61.5 Å². The summed E-state index contributed by atoms with van der Waals surface area (Å²) in [5.74, 6) is 3.42. The molecule has 0 saturated carbocycles. The van der Waals surface area contributed by atoms with E-state index < -0.39 is 0 Å². The molecule has 0 bridgehead atoms. The summed E-state index contributed by atoms with van der Waals surface area (Å²) in [6.45, 7) is 7.88. The molecule has 0 aliphatic heterocycles. The normalized spacial score (nSPS) is 14.4. The van der Waals surface area contributed by atoms with Gasteiger partial charge < -0.3 is 18.6 Å². The summed E-state index contributed by atoms with van der Waals surface area (Å²) in [5.41, 5.74) is 4.83. The van der Waals surface area contributed by atoms with Crippen molar-refractivity contribution >= 4 is 37.8 Å². The van der Waals surface area contributed by atoms with Crippen LogP contribution >= 0.6 is 31.9 Å². The van der Waals surface area contributed by atoms with Crippen LogP contribution in [0.1, 0.15) is 67.4 Å². The van der Waals surface area contributed by atoms with Gasteiger partial charge in [0, 0.05) is 18.1 Å². The van der Waals surface area contributed by atoms with Crippen LogP contribution in [0.25, 0.3) is 11.5 Å². The number of aromatic nitrogens is 1. The lowest BCUT2D eigenvalue weighted by atomic mass is 10.0. The van der Waals surface area contributed by atoms with Crippen LogP contribution in [0.2, 0.25) is 0 Å². The van der Waals surface area contributed by atoms with Crippen molar-refractivity contribution in [3.05, 3.63) is 91.7 Å². The molecule has 1 atom stereocenters. The SMILES string of the molecule is CC(=O)OC1CCc2c1cc(Br)c(Oc1ccc(OCc3nc(-c4ccccc4)oc3C)c(C(C)C)c1)c2Br. The van der Waals surface area contributed by atoms with Gasteiger partial charge in [-0.05, 0) is 105 Å². The number of nitrogens with zero attached hydrogens (tertiary/aromatic N) is 1. The molecule has 1 aromatic heterocycles. The van der Waals surface area contributed by atoms with Gasteiger partial charge in [-0.25, -0.2) is 4.98 Å². The fourth-order valence-electron chi connectivity index (χ4n) is 4.75. The summed E-state index contributed by atoms with van der Waals surface area (Å²) < 4.78 is 25.6. The Morgan fingerprint density at radius 2 is 1.90 bits per heavy atom. The maximum absolute atomic E-state index is 11.5. The summed E-state index contributed by atoms with van der Waals surface area (Å²) in [4.78, 5) is 16.2. The van der Waals surface area contributed by atoms with Crippen LogP contribution in [0, 0.1) is 6.92 Å². The minimum atomic E-state index is -0.278. The zero-order chi connectivity index (χ0) is 27.7. The number of fused-ring (bicyclic) bond motifs is 1. The van der Waals surface area contributed by atoms with Gasteiger partial charge in [-0.15, -0.1) is 0 Å². The van der Waals surface area contributed by atoms with E-state index in [2.05, 4.69) is 50.7 Å². The molecule has 4 aromatic rings. The smallest absolute Gasteiger partial charge is 0.303 e. The Balaban J connectivity index is 1.35. The van der Waals surface area contributed by atoms with Gasteiger partial charge in [-0.3, -0.25) is 4.79 Å². The first-order chi connectivity index (χ1) is 18.7. The maximum Gasteiger partial charge on any atom is 0.303 e. The van der Waals surface area contributed by atoms with Crippen molar-refractivity contribution in [2.75, 3.05) is 0 Å². The third kappa shape index (κ3) is 5.92. The Kier molecular flexibility index (Phi) is 8.14. The molecule has 0 amide bonds. The number of esters is 1. The molecular weight excluding hydrogens is 626 g/mol. The fraction of sp³-hybridized carbons (Fsp3) is 0.290. The van der Waals surface area contributed by atoms with Crippen molar-refractivity contribution < 1.29 is 23.4 Å². The zero-order valence-electron chi connectivity index (χ0n) is 22.2. The molecule has 3 aromatic carbocycles. The predicted octanol–water partition coefficient (Wildman–Crippen LogP) is 9.22. The van der Waals surface area contributed by atoms with Gasteiger partial charge in [0.25, 0.3) is 0 Å². The maximum atomic E-state index is 11.5. The van der Waals surface area contributed by atoms with Crippen LogP contribution < -0.4 is 9.47 Å². The highest BCUT2D eigenvalue weighted by Gasteiger charge is 2.30. The second-order valence-electron chi connectivity index (χ2n) is 9.84. The van der Waals surface area contributed by atoms with Crippen molar-refractivity contribution in [1.29, 1.82) is 0 Å². The number of oxazole rings is 1. The molecule has 202 valence electrons. The van der Waals surface area contributed by atoms with Crippen molar-refractivity contribution in [2.24, 2.45) is 0 Å². The van der Waals surface area contributed by atoms with E-state index in [0.717, 1.165) is 61.2 Å². The van der Waals surface area contributed by atoms with Gasteiger partial charge in [0.15, 0.2) is 5.75 Å². The molecule has 0 fully saturated rings. The molecule has 39 heavy (non-hydrogen) atoms. The largest absolute Gasteiger partial charge is 0.487 e. The molecule has 0 radical (unpaired) electrons. The Bertz CT molecular complexity index is 1510. The summed E-state index contributed by atoms with van der Waals surface area (Å²) in [6.07, 6.45) is 1.32. The molecule has 6 nitrogen and oxygen atoms in total. The van der Waals surface area contributed by atoms with E-state index in [-0.39, 0.29) is 18.0 Å². The van der Waals surface area contributed by atoms with Crippen LogP contribution in [0.15, 0.2) is 68.0 Å². The lowest BCUT2D eigenvalue weighted by molar-refractivity contribution is -0.146. The highest BCUT2D eigenvalue weighted by molar-refractivity contribution is 9.11. The fourth-order valence-corrected chi connectivity index (χ4v) is 6.26. The van der Waals surface area contributed by atoms with Gasteiger partial charge in [0.2, 0.25) is 5.89 Å². The number of hydrogen-bond donors (Lipinski definition) is 0. The Hall–Kier alpha value is -3.10.